The Morgan fingerprint density at radius 1 is 1.07 bits per heavy atom. The highest BCUT2D eigenvalue weighted by molar-refractivity contribution is 6.24. The summed E-state index contributed by atoms with van der Waals surface area (Å²) in [5, 5.41) is 45.0. The SMILES string of the molecule is CN(C)[C@H]1C(O)=C(C(N)=O)C(=O)[C@]2(O)C(O)=C3C(=O)c4c(O)ccc(-c5ccc(CN6CCOCC6)cc5)c4C[C@@H]3C[C@H]12. The summed E-state index contributed by atoms with van der Waals surface area (Å²) in [5.41, 5.74) is 5.07. The van der Waals surface area contributed by atoms with Gasteiger partial charge in [0, 0.05) is 31.1 Å². The molecule has 0 bridgehead atoms. The number of allylic oxidation sites excluding steroid dienone is 1. The number of carbonyl (C=O) groups is 3. The molecular formula is C32H35N3O8. The van der Waals surface area contributed by atoms with Gasteiger partial charge in [-0.3, -0.25) is 24.2 Å². The number of primary amides is 1. The average molecular weight is 590 g/mol. The number of ether oxygens (including phenoxy) is 1. The molecule has 0 unspecified atom stereocenters. The first-order valence-corrected chi connectivity index (χ1v) is 14.3. The van der Waals surface area contributed by atoms with E-state index in [4.69, 9.17) is 10.5 Å². The van der Waals surface area contributed by atoms with Crippen molar-refractivity contribution < 1.29 is 39.5 Å². The largest absolute Gasteiger partial charge is 0.510 e. The van der Waals surface area contributed by atoms with Gasteiger partial charge >= 0.3 is 0 Å². The Hall–Kier alpha value is -4.03. The molecule has 1 aliphatic heterocycles. The van der Waals surface area contributed by atoms with Crippen LogP contribution in [0.3, 0.4) is 0 Å². The first-order chi connectivity index (χ1) is 20.4. The number of Topliss-reactive ketones (excluding diaryl/α,β-unsaturated/α-hetero) is 2. The normalized spacial score (nSPS) is 27.7. The minimum absolute atomic E-state index is 0.00400. The second-order valence-electron chi connectivity index (χ2n) is 12.0. The summed E-state index contributed by atoms with van der Waals surface area (Å²) >= 11 is 0. The molecule has 2 aromatic carbocycles. The molecule has 6 rings (SSSR count). The lowest BCUT2D eigenvalue weighted by atomic mass is 9.58. The number of phenolic OH excluding ortho intramolecular Hbond substituents is 1. The van der Waals surface area contributed by atoms with Crippen molar-refractivity contribution in [2.45, 2.75) is 31.0 Å². The lowest BCUT2D eigenvalue weighted by Crippen LogP contribution is -2.63. The third-order valence-electron chi connectivity index (χ3n) is 9.38. The molecule has 0 saturated carbocycles. The van der Waals surface area contributed by atoms with Gasteiger partial charge < -0.3 is 30.9 Å². The lowest BCUT2D eigenvalue weighted by molar-refractivity contribution is -0.148. The Balaban J connectivity index is 1.41. The maximum absolute atomic E-state index is 14.0. The molecule has 3 aliphatic carbocycles. The van der Waals surface area contributed by atoms with E-state index in [9.17, 15) is 34.8 Å². The number of fused-ring (bicyclic) bond motifs is 3. The predicted octanol–water partition coefficient (Wildman–Crippen LogP) is 1.62. The number of nitrogens with zero attached hydrogens (tertiary/aromatic N) is 2. The number of aliphatic hydroxyl groups excluding tert-OH is 2. The molecule has 2 aromatic rings. The quantitative estimate of drug-likeness (QED) is 0.323. The molecule has 43 heavy (non-hydrogen) atoms. The summed E-state index contributed by atoms with van der Waals surface area (Å²) in [6, 6.07) is 10.2. The molecule has 0 spiro atoms. The van der Waals surface area contributed by atoms with Gasteiger partial charge in [-0.05, 0) is 61.2 Å². The van der Waals surface area contributed by atoms with Crippen molar-refractivity contribution in [3.63, 3.8) is 0 Å². The summed E-state index contributed by atoms with van der Waals surface area (Å²) in [4.78, 5) is 43.4. The van der Waals surface area contributed by atoms with Crippen LogP contribution in [0.2, 0.25) is 0 Å². The fraction of sp³-hybridized carbons (Fsp3) is 0.406. The number of benzene rings is 2. The number of hydrogen-bond donors (Lipinski definition) is 5. The van der Waals surface area contributed by atoms with Crippen LogP contribution < -0.4 is 5.73 Å². The van der Waals surface area contributed by atoms with E-state index in [1.54, 1.807) is 20.2 Å². The number of phenols is 1. The molecule has 1 saturated heterocycles. The molecule has 226 valence electrons. The standard InChI is InChI=1S/C32H35N3O8/c1-34(2)26-21-14-18-13-20-19(17-5-3-16(4-6-17)15-35-9-11-43-12-10-35)7-8-22(36)24(20)27(37)23(18)29(39)32(21,42)30(40)25(28(26)38)31(33)41/h3-8,18,21,26,36,38-39,42H,9-15H2,1-2H3,(H2,33,41)/t18-,21-,26-,32-/m1/s1. The van der Waals surface area contributed by atoms with Crippen LogP contribution >= 0.6 is 0 Å². The van der Waals surface area contributed by atoms with E-state index < -0.39 is 58.0 Å². The molecule has 1 fully saturated rings. The summed E-state index contributed by atoms with van der Waals surface area (Å²) in [6.07, 6.45) is 0.271. The van der Waals surface area contributed by atoms with Gasteiger partial charge in [0.05, 0.1) is 24.8 Å². The summed E-state index contributed by atoms with van der Waals surface area (Å²) in [7, 11) is 3.21. The van der Waals surface area contributed by atoms with Crippen LogP contribution in [0.5, 0.6) is 5.75 Å². The number of likely N-dealkylation sites (N-methyl/N-ethyl adjacent to an activating group) is 1. The van der Waals surface area contributed by atoms with Crippen molar-refractivity contribution >= 4 is 17.5 Å². The van der Waals surface area contributed by atoms with Gasteiger partial charge in [-0.25, -0.2) is 0 Å². The molecule has 11 heteroatoms. The fourth-order valence-electron chi connectivity index (χ4n) is 7.33. The number of carbonyl (C=O) groups excluding carboxylic acids is 3. The zero-order valence-corrected chi connectivity index (χ0v) is 24.0. The maximum atomic E-state index is 14.0. The van der Waals surface area contributed by atoms with E-state index in [0.29, 0.717) is 18.8 Å². The van der Waals surface area contributed by atoms with E-state index >= 15 is 0 Å². The molecule has 11 nitrogen and oxygen atoms in total. The zero-order valence-electron chi connectivity index (χ0n) is 24.0. The zero-order chi connectivity index (χ0) is 30.8. The number of amides is 1. The van der Waals surface area contributed by atoms with E-state index in [0.717, 1.165) is 36.3 Å². The van der Waals surface area contributed by atoms with E-state index in [-0.39, 0.29) is 29.7 Å². The van der Waals surface area contributed by atoms with Gasteiger partial charge in [-0.1, -0.05) is 30.3 Å². The first-order valence-electron chi connectivity index (χ1n) is 14.3. The Labute approximate surface area is 248 Å². The summed E-state index contributed by atoms with van der Waals surface area (Å²) in [5.74, 6) is -6.65. The third-order valence-corrected chi connectivity index (χ3v) is 9.38. The van der Waals surface area contributed by atoms with Gasteiger partial charge in [0.25, 0.3) is 5.91 Å². The van der Waals surface area contributed by atoms with Gasteiger partial charge in [0.1, 0.15) is 22.8 Å². The van der Waals surface area contributed by atoms with Crippen LogP contribution in [-0.4, -0.2) is 99.7 Å². The minimum atomic E-state index is -2.66. The second-order valence-corrected chi connectivity index (χ2v) is 12.0. The smallest absolute Gasteiger partial charge is 0.255 e. The molecule has 1 amide bonds. The predicted molar refractivity (Wildman–Crippen MR) is 155 cm³/mol. The number of aromatic hydroxyl groups is 1. The number of morpholine rings is 1. The van der Waals surface area contributed by atoms with E-state index in [1.807, 2.05) is 24.3 Å². The number of aliphatic hydroxyl groups is 3. The van der Waals surface area contributed by atoms with Gasteiger partial charge in [0.15, 0.2) is 11.4 Å². The Morgan fingerprint density at radius 3 is 2.37 bits per heavy atom. The van der Waals surface area contributed by atoms with Crippen molar-refractivity contribution in [1.82, 2.24) is 9.80 Å². The highest BCUT2D eigenvalue weighted by Crippen LogP contribution is 2.53. The Bertz CT molecular complexity index is 1590. The summed E-state index contributed by atoms with van der Waals surface area (Å²) < 4.78 is 5.43. The molecule has 4 atom stereocenters. The van der Waals surface area contributed by atoms with Crippen molar-refractivity contribution in [3.05, 3.63) is 75.8 Å². The fourth-order valence-corrected chi connectivity index (χ4v) is 7.33. The van der Waals surface area contributed by atoms with Crippen LogP contribution in [0.15, 0.2) is 59.1 Å². The topological polar surface area (TPSA) is 174 Å². The van der Waals surface area contributed by atoms with Crippen molar-refractivity contribution in [3.8, 4) is 16.9 Å². The first kappa shape index (κ1) is 29.1. The van der Waals surface area contributed by atoms with Crippen molar-refractivity contribution in [1.29, 1.82) is 0 Å². The maximum Gasteiger partial charge on any atom is 0.255 e. The molecule has 1 heterocycles. The Morgan fingerprint density at radius 2 is 1.74 bits per heavy atom. The van der Waals surface area contributed by atoms with Crippen molar-refractivity contribution in [2.24, 2.45) is 17.6 Å². The molecule has 4 aliphatic rings. The van der Waals surface area contributed by atoms with Crippen LogP contribution in [0.1, 0.15) is 27.9 Å². The Kier molecular flexibility index (Phi) is 7.16. The lowest BCUT2D eigenvalue weighted by Gasteiger charge is -2.50. The highest BCUT2D eigenvalue weighted by Gasteiger charge is 2.63. The average Bonchev–Trinajstić information content (AvgIpc) is 2.96. The molecular weight excluding hydrogens is 554 g/mol. The van der Waals surface area contributed by atoms with Gasteiger partial charge in [-0.2, -0.15) is 0 Å². The van der Waals surface area contributed by atoms with E-state index in [1.165, 1.54) is 11.0 Å². The molecule has 6 N–H and O–H groups in total. The number of ketones is 2. The summed E-state index contributed by atoms with van der Waals surface area (Å²) in [6.45, 7) is 3.95. The van der Waals surface area contributed by atoms with Crippen LogP contribution in [0, 0.1) is 11.8 Å². The van der Waals surface area contributed by atoms with Crippen LogP contribution in [-0.2, 0) is 27.3 Å². The van der Waals surface area contributed by atoms with Gasteiger partial charge in [-0.15, -0.1) is 0 Å². The van der Waals surface area contributed by atoms with Crippen LogP contribution in [0.25, 0.3) is 11.1 Å². The van der Waals surface area contributed by atoms with Crippen LogP contribution in [0.4, 0.5) is 0 Å². The highest BCUT2D eigenvalue weighted by atomic mass is 16.5. The van der Waals surface area contributed by atoms with Gasteiger partial charge in [0.2, 0.25) is 5.78 Å². The second kappa shape index (κ2) is 10.6. The number of rotatable bonds is 5. The third kappa shape index (κ3) is 4.46. The van der Waals surface area contributed by atoms with Crippen molar-refractivity contribution in [2.75, 3.05) is 40.4 Å². The minimum Gasteiger partial charge on any atom is -0.510 e. The molecule has 0 radical (unpaired) electrons. The number of nitrogens with two attached hydrogens (primary N) is 1. The molecule has 0 aromatic heterocycles. The monoisotopic (exact) mass is 589 g/mol. The number of hydrogen-bond acceptors (Lipinski definition) is 10. The van der Waals surface area contributed by atoms with E-state index in [2.05, 4.69) is 4.90 Å².